The van der Waals surface area contributed by atoms with E-state index in [9.17, 15) is 4.79 Å². The maximum Gasteiger partial charge on any atom is 0.508 e. The third-order valence-electron chi connectivity index (χ3n) is 4.51. The van der Waals surface area contributed by atoms with Gasteiger partial charge in [0.1, 0.15) is 43.4 Å². The number of nitrogens with two attached hydrogens (primary N) is 1. The molecule has 4 heterocycles. The number of anilines is 1. The molecule has 2 aliphatic heterocycles. The van der Waals surface area contributed by atoms with Gasteiger partial charge in [0.05, 0.1) is 6.33 Å². The van der Waals surface area contributed by atoms with Crippen molar-refractivity contribution in [2.75, 3.05) is 18.9 Å². The van der Waals surface area contributed by atoms with E-state index in [1.807, 2.05) is 0 Å². The van der Waals surface area contributed by atoms with Crippen LogP contribution in [-0.2, 0) is 23.7 Å². The average molecular weight is 483 g/mol. The minimum Gasteiger partial charge on any atom is -0.431 e. The highest BCUT2D eigenvalue weighted by molar-refractivity contribution is 6.67. The van der Waals surface area contributed by atoms with Gasteiger partial charge in [-0.15, -0.1) is 0 Å². The van der Waals surface area contributed by atoms with Crippen LogP contribution in [0.25, 0.3) is 11.2 Å². The van der Waals surface area contributed by atoms with Crippen LogP contribution in [0.1, 0.15) is 20.1 Å². The molecule has 0 bridgehead atoms. The standard InChI is InChI=1S/C16H18Cl3N5O6/c1-15(2)29-9-7(3-26-14(25)27-4-16(17,18)19)28-13(10(9)30-15)24-6-23-8-11(20)21-5-22-12(8)24/h5-7,9-10,13H,3-4H2,1-2H3,(H2,20,21,22)/t7-,9-,10-,13-/m1/s1. The van der Waals surface area contributed by atoms with Crippen molar-refractivity contribution < 1.29 is 28.5 Å². The molecule has 0 spiro atoms. The van der Waals surface area contributed by atoms with Gasteiger partial charge in [0.15, 0.2) is 23.5 Å². The van der Waals surface area contributed by atoms with Gasteiger partial charge in [-0.1, -0.05) is 34.8 Å². The van der Waals surface area contributed by atoms with Crippen LogP contribution in [0.4, 0.5) is 10.6 Å². The number of hydrogen-bond donors (Lipinski definition) is 1. The topological polar surface area (TPSA) is 133 Å². The molecule has 2 aromatic rings. The summed E-state index contributed by atoms with van der Waals surface area (Å²) in [7, 11) is 0. The molecule has 0 aliphatic carbocycles. The number of imidazole rings is 1. The Kier molecular flexibility index (Phi) is 5.62. The predicted molar refractivity (Wildman–Crippen MR) is 105 cm³/mol. The first-order valence-corrected chi connectivity index (χ1v) is 9.98. The van der Waals surface area contributed by atoms with Crippen molar-refractivity contribution in [3.8, 4) is 0 Å². The summed E-state index contributed by atoms with van der Waals surface area (Å²) in [5, 5.41) is 0. The second-order valence-corrected chi connectivity index (χ2v) is 9.69. The van der Waals surface area contributed by atoms with Crippen molar-refractivity contribution in [1.29, 1.82) is 0 Å². The van der Waals surface area contributed by atoms with E-state index in [0.29, 0.717) is 11.2 Å². The van der Waals surface area contributed by atoms with Gasteiger partial charge in [0, 0.05) is 0 Å². The van der Waals surface area contributed by atoms with E-state index in [1.54, 1.807) is 18.4 Å². The molecule has 4 atom stereocenters. The van der Waals surface area contributed by atoms with Gasteiger partial charge in [-0.2, -0.15) is 0 Å². The van der Waals surface area contributed by atoms with Gasteiger partial charge in [-0.05, 0) is 13.8 Å². The molecule has 2 aliphatic rings. The van der Waals surface area contributed by atoms with E-state index < -0.39 is 46.9 Å². The number of hydrogen-bond acceptors (Lipinski definition) is 10. The van der Waals surface area contributed by atoms with Crippen LogP contribution in [0.5, 0.6) is 0 Å². The summed E-state index contributed by atoms with van der Waals surface area (Å²) in [6, 6.07) is 0. The van der Waals surface area contributed by atoms with Crippen molar-refractivity contribution in [3.63, 3.8) is 0 Å². The molecule has 0 aromatic carbocycles. The zero-order valence-corrected chi connectivity index (χ0v) is 18.1. The van der Waals surface area contributed by atoms with Gasteiger partial charge >= 0.3 is 6.16 Å². The highest BCUT2D eigenvalue weighted by Gasteiger charge is 2.56. The first-order chi connectivity index (χ1) is 14.0. The second-order valence-electron chi connectivity index (χ2n) is 7.18. The largest absolute Gasteiger partial charge is 0.508 e. The van der Waals surface area contributed by atoms with Crippen molar-refractivity contribution in [2.24, 2.45) is 0 Å². The molecule has 164 valence electrons. The second kappa shape index (κ2) is 7.81. The van der Waals surface area contributed by atoms with Crippen molar-refractivity contribution in [3.05, 3.63) is 12.7 Å². The summed E-state index contributed by atoms with van der Waals surface area (Å²) < 4.78 is 27.9. The molecule has 2 aromatic heterocycles. The first-order valence-electron chi connectivity index (χ1n) is 8.84. The van der Waals surface area contributed by atoms with Crippen LogP contribution < -0.4 is 5.73 Å². The maximum absolute atomic E-state index is 11.8. The van der Waals surface area contributed by atoms with Crippen LogP contribution in [0.2, 0.25) is 0 Å². The SMILES string of the molecule is CC1(C)O[C@@H]2[C@H](O1)[C@@H](COC(=O)OCC(Cl)(Cl)Cl)O[C@H]2n1cnc2c(N)ncnc21. The fourth-order valence-electron chi connectivity index (χ4n) is 3.41. The van der Waals surface area contributed by atoms with Crippen molar-refractivity contribution in [2.45, 2.75) is 48.0 Å². The maximum atomic E-state index is 11.8. The van der Waals surface area contributed by atoms with Crippen LogP contribution in [0.3, 0.4) is 0 Å². The zero-order valence-electron chi connectivity index (χ0n) is 15.8. The van der Waals surface area contributed by atoms with Crippen LogP contribution in [-0.4, -0.2) is 66.8 Å². The summed E-state index contributed by atoms with van der Waals surface area (Å²) in [6.45, 7) is 2.94. The fourth-order valence-corrected chi connectivity index (χ4v) is 3.57. The van der Waals surface area contributed by atoms with Crippen molar-refractivity contribution in [1.82, 2.24) is 19.5 Å². The lowest BCUT2D eigenvalue weighted by Crippen LogP contribution is -2.34. The minimum absolute atomic E-state index is 0.167. The number of carbonyl (C=O) groups excluding carboxylic acids is 1. The molecule has 2 N–H and O–H groups in total. The minimum atomic E-state index is -1.74. The first kappa shape index (κ1) is 21.6. The van der Waals surface area contributed by atoms with E-state index in [1.165, 1.54) is 12.7 Å². The van der Waals surface area contributed by atoms with Gasteiger partial charge < -0.3 is 29.4 Å². The highest BCUT2D eigenvalue weighted by Crippen LogP contribution is 2.43. The number of fused-ring (bicyclic) bond motifs is 2. The third kappa shape index (κ3) is 4.36. The molecular formula is C16H18Cl3N5O6. The number of ether oxygens (including phenoxy) is 5. The number of rotatable bonds is 4. The summed E-state index contributed by atoms with van der Waals surface area (Å²) >= 11 is 16.7. The Bertz CT molecular complexity index is 951. The molecule has 2 fully saturated rings. The van der Waals surface area contributed by atoms with Gasteiger partial charge in [0.2, 0.25) is 3.79 Å². The predicted octanol–water partition coefficient (Wildman–Crippen LogP) is 2.35. The number of aromatic nitrogens is 4. The molecule has 0 saturated carbocycles. The lowest BCUT2D eigenvalue weighted by Gasteiger charge is -2.24. The fraction of sp³-hybridized carbons (Fsp3) is 0.625. The highest BCUT2D eigenvalue weighted by atomic mass is 35.6. The van der Waals surface area contributed by atoms with Gasteiger partial charge in [0.25, 0.3) is 0 Å². The summed E-state index contributed by atoms with van der Waals surface area (Å²) in [5.41, 5.74) is 6.77. The van der Waals surface area contributed by atoms with Gasteiger partial charge in [-0.3, -0.25) is 4.57 Å². The lowest BCUT2D eigenvalue weighted by atomic mass is 10.1. The Morgan fingerprint density at radius 1 is 1.23 bits per heavy atom. The number of nitrogens with zero attached hydrogens (tertiary/aromatic N) is 4. The molecule has 4 rings (SSSR count). The molecule has 11 nitrogen and oxygen atoms in total. The summed E-state index contributed by atoms with van der Waals surface area (Å²) in [4.78, 5) is 24.2. The monoisotopic (exact) mass is 481 g/mol. The quantitative estimate of drug-likeness (QED) is 0.511. The molecule has 0 radical (unpaired) electrons. The number of alkyl halides is 3. The molecular weight excluding hydrogens is 465 g/mol. The molecule has 14 heteroatoms. The molecule has 30 heavy (non-hydrogen) atoms. The Morgan fingerprint density at radius 2 is 1.97 bits per heavy atom. The Balaban J connectivity index is 1.51. The van der Waals surface area contributed by atoms with E-state index >= 15 is 0 Å². The summed E-state index contributed by atoms with van der Waals surface area (Å²) in [5.74, 6) is -0.621. The van der Waals surface area contributed by atoms with Gasteiger partial charge in [-0.25, -0.2) is 19.7 Å². The Morgan fingerprint density at radius 3 is 2.70 bits per heavy atom. The van der Waals surface area contributed by atoms with Crippen LogP contribution >= 0.6 is 34.8 Å². The van der Waals surface area contributed by atoms with Crippen LogP contribution in [0, 0.1) is 0 Å². The van der Waals surface area contributed by atoms with Crippen LogP contribution in [0.15, 0.2) is 12.7 Å². The van der Waals surface area contributed by atoms with E-state index in [-0.39, 0.29) is 12.4 Å². The Labute approximate surface area is 185 Å². The lowest BCUT2D eigenvalue weighted by molar-refractivity contribution is -0.200. The number of nitrogen functional groups attached to an aromatic ring is 1. The normalized spacial score (nSPS) is 27.9. The van der Waals surface area contributed by atoms with E-state index in [4.69, 9.17) is 64.2 Å². The summed E-state index contributed by atoms with van der Waals surface area (Å²) in [6.07, 6.45) is -0.483. The molecule has 2 saturated heterocycles. The third-order valence-corrected chi connectivity index (χ3v) is 4.83. The van der Waals surface area contributed by atoms with E-state index in [2.05, 4.69) is 15.0 Å². The van der Waals surface area contributed by atoms with E-state index in [0.717, 1.165) is 0 Å². The molecule has 0 amide bonds. The smallest absolute Gasteiger partial charge is 0.431 e. The Hall–Kier alpha value is -1.63. The molecule has 0 unspecified atom stereocenters. The number of halogens is 3. The van der Waals surface area contributed by atoms with Crippen molar-refractivity contribution >= 4 is 57.9 Å². The average Bonchev–Trinajstić information content (AvgIpc) is 3.29. The number of carbonyl (C=O) groups is 1. The zero-order chi connectivity index (χ0) is 21.7.